The summed E-state index contributed by atoms with van der Waals surface area (Å²) in [5.41, 5.74) is -1.45. The molecule has 1 spiro atoms. The van der Waals surface area contributed by atoms with E-state index in [1.165, 1.54) is 11.4 Å². The van der Waals surface area contributed by atoms with E-state index in [1.54, 1.807) is 29.2 Å². The molecule has 0 aliphatic carbocycles. The minimum Gasteiger partial charge on any atom is -0.497 e. The second kappa shape index (κ2) is 8.12. The van der Waals surface area contributed by atoms with Gasteiger partial charge in [0, 0.05) is 32.5 Å². The molecule has 0 N–H and O–H groups in total. The number of hydrogen-bond acceptors (Lipinski definition) is 6. The first-order chi connectivity index (χ1) is 13.6. The van der Waals surface area contributed by atoms with Gasteiger partial charge in [-0.1, -0.05) is 6.92 Å². The zero-order chi connectivity index (χ0) is 21.3. The molecule has 1 amide bonds. The molecular formula is C20H30N2O6S. The van der Waals surface area contributed by atoms with Crippen LogP contribution in [0.15, 0.2) is 29.2 Å². The molecule has 2 fully saturated rings. The van der Waals surface area contributed by atoms with Gasteiger partial charge in [0.15, 0.2) is 0 Å². The lowest BCUT2D eigenvalue weighted by Crippen LogP contribution is -2.56. The van der Waals surface area contributed by atoms with E-state index in [-0.39, 0.29) is 11.0 Å². The Morgan fingerprint density at radius 3 is 2.34 bits per heavy atom. The maximum atomic E-state index is 13.2. The third-order valence-electron chi connectivity index (χ3n) is 5.79. The van der Waals surface area contributed by atoms with E-state index in [1.807, 2.05) is 20.8 Å². The van der Waals surface area contributed by atoms with Crippen molar-refractivity contribution in [3.8, 4) is 5.75 Å². The lowest BCUT2D eigenvalue weighted by atomic mass is 10.0. The summed E-state index contributed by atoms with van der Waals surface area (Å²) in [6.45, 7) is 7.11. The Balaban J connectivity index is 1.73. The quantitative estimate of drug-likeness (QED) is 0.720. The maximum absolute atomic E-state index is 13.2. The third-order valence-corrected chi connectivity index (χ3v) is 7.75. The predicted octanol–water partition coefficient (Wildman–Crippen LogP) is 2.83. The molecule has 2 saturated heterocycles. The van der Waals surface area contributed by atoms with Gasteiger partial charge < -0.3 is 19.1 Å². The lowest BCUT2D eigenvalue weighted by molar-refractivity contribution is -0.0914. The van der Waals surface area contributed by atoms with Crippen LogP contribution in [0.5, 0.6) is 5.75 Å². The molecule has 3 rings (SSSR count). The zero-order valence-corrected chi connectivity index (χ0v) is 18.3. The Labute approximate surface area is 172 Å². The van der Waals surface area contributed by atoms with Gasteiger partial charge >= 0.3 is 6.09 Å². The fourth-order valence-electron chi connectivity index (χ4n) is 3.61. The molecule has 162 valence electrons. The summed E-state index contributed by atoms with van der Waals surface area (Å²) in [6.07, 6.45) is 1.16. The molecular weight excluding hydrogens is 396 g/mol. The van der Waals surface area contributed by atoms with E-state index in [4.69, 9.17) is 14.2 Å². The highest BCUT2D eigenvalue weighted by Crippen LogP contribution is 2.38. The molecule has 2 heterocycles. The monoisotopic (exact) mass is 426 g/mol. The molecule has 1 aromatic rings. The molecule has 0 aromatic heterocycles. The van der Waals surface area contributed by atoms with Gasteiger partial charge in [0.05, 0.1) is 18.6 Å². The molecule has 9 heteroatoms. The van der Waals surface area contributed by atoms with Crippen molar-refractivity contribution in [1.82, 2.24) is 9.21 Å². The van der Waals surface area contributed by atoms with Crippen LogP contribution in [0.3, 0.4) is 0 Å². The predicted molar refractivity (Wildman–Crippen MR) is 107 cm³/mol. The average Bonchev–Trinajstić information content (AvgIpc) is 3.12. The number of nitrogens with zero attached hydrogens (tertiary/aromatic N) is 2. The topological polar surface area (TPSA) is 85.4 Å². The highest BCUT2D eigenvalue weighted by Gasteiger charge is 2.51. The summed E-state index contributed by atoms with van der Waals surface area (Å²) in [7, 11) is -2.19. The Kier molecular flexibility index (Phi) is 6.12. The van der Waals surface area contributed by atoms with Crippen LogP contribution in [-0.2, 0) is 19.5 Å². The van der Waals surface area contributed by atoms with Crippen molar-refractivity contribution in [3.63, 3.8) is 0 Å². The third kappa shape index (κ3) is 4.36. The first kappa shape index (κ1) is 21.9. The van der Waals surface area contributed by atoms with Crippen LogP contribution in [-0.4, -0.2) is 68.4 Å². The van der Waals surface area contributed by atoms with Gasteiger partial charge in [0.25, 0.3) is 0 Å². The van der Waals surface area contributed by atoms with Gasteiger partial charge in [-0.2, -0.15) is 4.31 Å². The smallest absolute Gasteiger partial charge is 0.410 e. The highest BCUT2D eigenvalue weighted by molar-refractivity contribution is 7.89. The number of carbonyl (C=O) groups excluding carboxylic acids is 1. The fraction of sp³-hybridized carbons (Fsp3) is 0.650. The SMILES string of the molecule is CCC(C)(C)OC(=O)N1CCC2(CC1)OCCN2S(=O)(=O)c1ccc(OC)cc1. The van der Waals surface area contributed by atoms with Gasteiger partial charge in [-0.3, -0.25) is 0 Å². The van der Waals surface area contributed by atoms with Crippen molar-refractivity contribution < 1.29 is 27.4 Å². The fourth-order valence-corrected chi connectivity index (χ4v) is 5.34. The van der Waals surface area contributed by atoms with E-state index in [0.717, 1.165) is 0 Å². The zero-order valence-electron chi connectivity index (χ0n) is 17.5. The number of likely N-dealkylation sites (tertiary alicyclic amines) is 1. The van der Waals surface area contributed by atoms with Gasteiger partial charge in [-0.15, -0.1) is 0 Å². The highest BCUT2D eigenvalue weighted by atomic mass is 32.2. The first-order valence-corrected chi connectivity index (χ1v) is 11.4. The van der Waals surface area contributed by atoms with E-state index >= 15 is 0 Å². The van der Waals surface area contributed by atoms with Gasteiger partial charge in [-0.25, -0.2) is 13.2 Å². The van der Waals surface area contributed by atoms with E-state index in [0.29, 0.717) is 51.3 Å². The number of ether oxygens (including phenoxy) is 3. The average molecular weight is 427 g/mol. The molecule has 29 heavy (non-hydrogen) atoms. The number of hydrogen-bond donors (Lipinski definition) is 0. The van der Waals surface area contributed by atoms with Crippen LogP contribution < -0.4 is 4.74 Å². The van der Waals surface area contributed by atoms with Crippen molar-refractivity contribution in [2.75, 3.05) is 33.4 Å². The van der Waals surface area contributed by atoms with Crippen LogP contribution in [0.2, 0.25) is 0 Å². The number of amides is 1. The van der Waals surface area contributed by atoms with Crippen molar-refractivity contribution in [2.24, 2.45) is 0 Å². The van der Waals surface area contributed by atoms with Crippen LogP contribution in [0.25, 0.3) is 0 Å². The molecule has 8 nitrogen and oxygen atoms in total. The lowest BCUT2D eigenvalue weighted by Gasteiger charge is -2.43. The summed E-state index contributed by atoms with van der Waals surface area (Å²) < 4.78 is 44.6. The van der Waals surface area contributed by atoms with E-state index < -0.39 is 21.3 Å². The van der Waals surface area contributed by atoms with Crippen molar-refractivity contribution in [3.05, 3.63) is 24.3 Å². The molecule has 1 aromatic carbocycles. The molecule has 0 atom stereocenters. The normalized spacial score (nSPS) is 20.1. The van der Waals surface area contributed by atoms with E-state index in [9.17, 15) is 13.2 Å². The van der Waals surface area contributed by atoms with Gasteiger partial charge in [0.2, 0.25) is 10.0 Å². The number of carbonyl (C=O) groups is 1. The summed E-state index contributed by atoms with van der Waals surface area (Å²) in [5, 5.41) is 0. The summed E-state index contributed by atoms with van der Waals surface area (Å²) in [4.78, 5) is 14.3. The molecule has 0 saturated carbocycles. The van der Waals surface area contributed by atoms with E-state index in [2.05, 4.69) is 0 Å². The Morgan fingerprint density at radius 1 is 1.17 bits per heavy atom. The summed E-state index contributed by atoms with van der Waals surface area (Å²) in [5.74, 6) is 0.596. The summed E-state index contributed by atoms with van der Waals surface area (Å²) in [6, 6.07) is 6.34. The van der Waals surface area contributed by atoms with Crippen molar-refractivity contribution in [2.45, 2.75) is 56.3 Å². The Hall–Kier alpha value is -1.84. The first-order valence-electron chi connectivity index (χ1n) is 9.92. The number of rotatable bonds is 5. The van der Waals surface area contributed by atoms with Gasteiger partial charge in [0.1, 0.15) is 17.1 Å². The van der Waals surface area contributed by atoms with Gasteiger partial charge in [-0.05, 0) is 44.5 Å². The summed E-state index contributed by atoms with van der Waals surface area (Å²) >= 11 is 0. The van der Waals surface area contributed by atoms with Crippen LogP contribution in [0, 0.1) is 0 Å². The number of methoxy groups -OCH3 is 1. The molecule has 0 radical (unpaired) electrons. The Morgan fingerprint density at radius 2 is 1.79 bits per heavy atom. The molecule has 0 bridgehead atoms. The van der Waals surface area contributed by atoms with Crippen molar-refractivity contribution >= 4 is 16.1 Å². The number of benzene rings is 1. The second-order valence-electron chi connectivity index (χ2n) is 8.02. The minimum absolute atomic E-state index is 0.203. The molecule has 0 unspecified atom stereocenters. The minimum atomic E-state index is -3.72. The van der Waals surface area contributed by atoms with Crippen LogP contribution in [0.1, 0.15) is 40.0 Å². The largest absolute Gasteiger partial charge is 0.497 e. The number of piperidine rings is 1. The molecule has 2 aliphatic heterocycles. The molecule has 2 aliphatic rings. The Bertz CT molecular complexity index is 829. The maximum Gasteiger partial charge on any atom is 0.410 e. The van der Waals surface area contributed by atoms with Crippen molar-refractivity contribution in [1.29, 1.82) is 0 Å². The second-order valence-corrected chi connectivity index (χ2v) is 9.88. The number of sulfonamides is 1. The van der Waals surface area contributed by atoms with Crippen LogP contribution >= 0.6 is 0 Å². The standard InChI is InChI=1S/C20H30N2O6S/c1-5-19(2,3)28-18(23)21-12-10-20(11-13-21)22(14-15-27-20)29(24,25)17-8-6-16(26-4)7-9-17/h6-9H,5,10-15H2,1-4H3. The van der Waals surface area contributed by atoms with Crippen LogP contribution in [0.4, 0.5) is 4.79 Å².